The minimum atomic E-state index is -4.34. The van der Waals surface area contributed by atoms with E-state index in [2.05, 4.69) is 25.8 Å². The third-order valence-corrected chi connectivity index (χ3v) is 11.3. The highest BCUT2D eigenvalue weighted by molar-refractivity contribution is 7.16. The minimum absolute atomic E-state index is 0.0536. The maximum atomic E-state index is 13.0. The number of hydrogen-bond acceptors (Lipinski definition) is 3. The van der Waals surface area contributed by atoms with Crippen molar-refractivity contribution in [2.75, 3.05) is 0 Å². The molecule has 6 atom stereocenters. The molecule has 6 rings (SSSR count). The number of aryl methyl sites for hydroxylation is 1. The lowest BCUT2D eigenvalue weighted by atomic mass is 9.47. The molecular weight excluding hydrogens is 467 g/mol. The van der Waals surface area contributed by atoms with Crippen LogP contribution in [0, 0.1) is 40.9 Å². The molecule has 2 fully saturated rings. The van der Waals surface area contributed by atoms with E-state index in [0.717, 1.165) is 66.9 Å². The molecular formula is C29H30F3NOS. The Morgan fingerprint density at radius 2 is 1.80 bits per heavy atom. The van der Waals surface area contributed by atoms with Gasteiger partial charge in [0.15, 0.2) is 0 Å². The molecule has 184 valence electrons. The van der Waals surface area contributed by atoms with Crippen molar-refractivity contribution in [1.82, 2.24) is 4.98 Å². The van der Waals surface area contributed by atoms with Crippen LogP contribution < -0.4 is 0 Å². The molecule has 2 saturated carbocycles. The van der Waals surface area contributed by atoms with Gasteiger partial charge in [-0.3, -0.25) is 0 Å². The van der Waals surface area contributed by atoms with Gasteiger partial charge in [-0.05, 0) is 85.8 Å². The molecule has 0 radical (unpaired) electrons. The Morgan fingerprint density at radius 1 is 1.09 bits per heavy atom. The first-order chi connectivity index (χ1) is 16.5. The Balaban J connectivity index is 1.34. The van der Waals surface area contributed by atoms with Crippen LogP contribution in [0.25, 0.3) is 16.1 Å². The molecule has 1 aromatic carbocycles. The second-order valence-electron chi connectivity index (χ2n) is 11.5. The molecule has 35 heavy (non-hydrogen) atoms. The fourth-order valence-electron chi connectivity index (χ4n) is 8.05. The van der Waals surface area contributed by atoms with Crippen molar-refractivity contribution < 1.29 is 18.3 Å². The van der Waals surface area contributed by atoms with Gasteiger partial charge in [-0.1, -0.05) is 38.0 Å². The zero-order valence-corrected chi connectivity index (χ0v) is 20.9. The highest BCUT2D eigenvalue weighted by Crippen LogP contribution is 2.68. The maximum absolute atomic E-state index is 13.0. The predicted octanol–water partition coefficient (Wildman–Crippen LogP) is 7.38. The van der Waals surface area contributed by atoms with Crippen molar-refractivity contribution in [2.24, 2.45) is 28.6 Å². The van der Waals surface area contributed by atoms with Gasteiger partial charge in [0.25, 0.3) is 0 Å². The average molecular weight is 498 g/mol. The van der Waals surface area contributed by atoms with Crippen molar-refractivity contribution in [3.63, 3.8) is 0 Å². The molecule has 1 heterocycles. The van der Waals surface area contributed by atoms with Crippen LogP contribution >= 0.6 is 11.3 Å². The number of hydrogen-bond donors (Lipinski definition) is 1. The molecule has 4 aliphatic carbocycles. The average Bonchev–Trinajstić information content (AvgIpc) is 3.37. The highest BCUT2D eigenvalue weighted by atomic mass is 32.1. The first kappa shape index (κ1) is 23.3. The first-order valence-electron chi connectivity index (χ1n) is 12.6. The molecule has 0 aliphatic heterocycles. The van der Waals surface area contributed by atoms with Gasteiger partial charge in [-0.15, -0.1) is 17.8 Å². The largest absolute Gasteiger partial charge is 0.416 e. The summed E-state index contributed by atoms with van der Waals surface area (Å²) in [7, 11) is 0. The Labute approximate surface area is 208 Å². The van der Waals surface area contributed by atoms with E-state index in [1.807, 2.05) is 0 Å². The summed E-state index contributed by atoms with van der Waals surface area (Å²) in [5.74, 6) is 4.26. The van der Waals surface area contributed by atoms with Crippen molar-refractivity contribution in [3.05, 3.63) is 46.5 Å². The van der Waals surface area contributed by atoms with Crippen LogP contribution in [0.3, 0.4) is 0 Å². The number of rotatable bonds is 1. The number of aliphatic hydroxyl groups is 1. The van der Waals surface area contributed by atoms with E-state index in [0.29, 0.717) is 24.2 Å². The number of allylic oxidation sites excluding steroid dienone is 2. The molecule has 6 heteroatoms. The van der Waals surface area contributed by atoms with Gasteiger partial charge in [-0.2, -0.15) is 13.2 Å². The van der Waals surface area contributed by atoms with Crippen molar-refractivity contribution in [2.45, 2.75) is 70.6 Å². The summed E-state index contributed by atoms with van der Waals surface area (Å²) in [6.45, 7) is 4.61. The van der Waals surface area contributed by atoms with Crippen LogP contribution in [0.4, 0.5) is 13.2 Å². The lowest BCUT2D eigenvalue weighted by Gasteiger charge is -2.57. The van der Waals surface area contributed by atoms with Crippen molar-refractivity contribution in [1.29, 1.82) is 0 Å². The number of nitrogens with zero attached hydrogens (tertiary/aromatic N) is 1. The second-order valence-corrected chi connectivity index (χ2v) is 12.5. The molecule has 4 aliphatic rings. The Hall–Kier alpha value is -2.10. The van der Waals surface area contributed by atoms with Gasteiger partial charge in [0.2, 0.25) is 0 Å². The summed E-state index contributed by atoms with van der Waals surface area (Å²) in [6.07, 6.45) is 10.5. The van der Waals surface area contributed by atoms with Crippen LogP contribution in [0.1, 0.15) is 68.5 Å². The summed E-state index contributed by atoms with van der Waals surface area (Å²) in [5.41, 5.74) is 1.40. The standard InChI is InChI=1S/C29H30F3NOS/c1-4-28(34)16-12-21-19-9-10-22-24-23(13-14-26(22,2)20(19)11-15-27(21,28)3)33-25(35-24)17-5-7-18(8-6-17)29(30,31)32/h1,5-8,10,19-21,34H,9,11-16H2,2-3H3/t19-,20+,21+,26-,27+,28+/m1/s1. The van der Waals surface area contributed by atoms with Crippen LogP contribution in [0.5, 0.6) is 0 Å². The maximum Gasteiger partial charge on any atom is 0.416 e. The molecule has 2 nitrogen and oxygen atoms in total. The zero-order chi connectivity index (χ0) is 24.8. The van der Waals surface area contributed by atoms with E-state index in [1.165, 1.54) is 22.6 Å². The molecule has 2 aromatic rings. The molecule has 0 unspecified atom stereocenters. The van der Waals surface area contributed by atoms with Crippen molar-refractivity contribution in [3.8, 4) is 22.9 Å². The molecule has 1 aromatic heterocycles. The third-order valence-electron chi connectivity index (χ3n) is 10.1. The molecule has 0 spiro atoms. The smallest absolute Gasteiger partial charge is 0.377 e. The van der Waals surface area contributed by atoms with E-state index < -0.39 is 17.3 Å². The lowest BCUT2D eigenvalue weighted by Crippen LogP contribution is -2.53. The Kier molecular flexibility index (Phi) is 4.97. The van der Waals surface area contributed by atoms with E-state index in [9.17, 15) is 18.3 Å². The summed E-state index contributed by atoms with van der Waals surface area (Å²) in [5, 5.41) is 12.0. The number of alkyl halides is 3. The van der Waals surface area contributed by atoms with Crippen LogP contribution in [-0.4, -0.2) is 15.7 Å². The topological polar surface area (TPSA) is 33.1 Å². The van der Waals surface area contributed by atoms with Crippen LogP contribution in [-0.2, 0) is 12.6 Å². The molecule has 0 saturated heterocycles. The van der Waals surface area contributed by atoms with E-state index >= 15 is 0 Å². The third kappa shape index (κ3) is 3.17. The summed E-state index contributed by atoms with van der Waals surface area (Å²) in [4.78, 5) is 6.09. The second kappa shape index (κ2) is 7.46. The monoisotopic (exact) mass is 497 g/mol. The Morgan fingerprint density at radius 3 is 2.49 bits per heavy atom. The van der Waals surface area contributed by atoms with Gasteiger partial charge in [0.1, 0.15) is 10.6 Å². The van der Waals surface area contributed by atoms with Gasteiger partial charge < -0.3 is 5.11 Å². The van der Waals surface area contributed by atoms with Gasteiger partial charge >= 0.3 is 6.18 Å². The first-order valence-corrected chi connectivity index (χ1v) is 13.4. The number of aromatic nitrogens is 1. The number of halogens is 3. The van der Waals surface area contributed by atoms with Crippen LogP contribution in [0.15, 0.2) is 30.3 Å². The summed E-state index contributed by atoms with van der Waals surface area (Å²) in [6, 6.07) is 5.35. The fourth-order valence-corrected chi connectivity index (χ4v) is 9.35. The normalized spacial score (nSPS) is 38.0. The summed E-state index contributed by atoms with van der Waals surface area (Å²) >= 11 is 1.62. The summed E-state index contributed by atoms with van der Waals surface area (Å²) < 4.78 is 39.0. The SMILES string of the molecule is C#C[C@]1(O)CC[C@H]2[C@@H]3CC=C4c5sc(-c6ccc(C(F)(F)F)cc6)nc5CC[C@]4(C)[C@H]3CC[C@@]21C. The number of terminal acetylenes is 1. The minimum Gasteiger partial charge on any atom is -0.377 e. The number of benzene rings is 1. The fraction of sp³-hybridized carbons (Fsp3) is 0.552. The molecule has 0 bridgehead atoms. The molecule has 0 amide bonds. The lowest BCUT2D eigenvalue weighted by molar-refractivity contribution is -0.137. The van der Waals surface area contributed by atoms with E-state index in [1.54, 1.807) is 11.3 Å². The molecule has 1 N–H and O–H groups in total. The predicted molar refractivity (Wildman–Crippen MR) is 132 cm³/mol. The van der Waals surface area contributed by atoms with Crippen molar-refractivity contribution >= 4 is 16.9 Å². The van der Waals surface area contributed by atoms with E-state index in [-0.39, 0.29) is 10.8 Å². The Bertz CT molecular complexity index is 1250. The highest BCUT2D eigenvalue weighted by Gasteiger charge is 2.63. The number of thiazole rings is 1. The quantitative estimate of drug-likeness (QED) is 0.417. The van der Waals surface area contributed by atoms with E-state index in [4.69, 9.17) is 11.4 Å². The van der Waals surface area contributed by atoms with Crippen LogP contribution in [0.2, 0.25) is 0 Å². The zero-order valence-electron chi connectivity index (χ0n) is 20.1. The van der Waals surface area contributed by atoms with Gasteiger partial charge in [0.05, 0.1) is 16.1 Å². The number of fused-ring (bicyclic) bond motifs is 7. The van der Waals surface area contributed by atoms with Gasteiger partial charge in [0, 0.05) is 11.0 Å². The van der Waals surface area contributed by atoms with Gasteiger partial charge in [-0.25, -0.2) is 4.98 Å².